The molecule has 1 aliphatic rings. The van der Waals surface area contributed by atoms with Gasteiger partial charge in [0.15, 0.2) is 5.16 Å². The molecular weight excluding hydrogens is 426 g/mol. The van der Waals surface area contributed by atoms with Crippen LogP contribution in [-0.4, -0.2) is 32.2 Å². The van der Waals surface area contributed by atoms with Gasteiger partial charge in [-0.05, 0) is 50.3 Å². The van der Waals surface area contributed by atoms with E-state index in [1.165, 1.54) is 22.9 Å². The summed E-state index contributed by atoms with van der Waals surface area (Å²) in [7, 11) is 0. The zero-order valence-electron chi connectivity index (χ0n) is 18.6. The number of amides is 1. The minimum atomic E-state index is -0.301. The van der Waals surface area contributed by atoms with Gasteiger partial charge in [0.25, 0.3) is 5.56 Å². The lowest BCUT2D eigenvalue weighted by atomic mass is 10.00. The van der Waals surface area contributed by atoms with Crippen molar-refractivity contribution in [3.05, 3.63) is 56.2 Å². The highest BCUT2D eigenvalue weighted by molar-refractivity contribution is 8.00. The molecule has 3 heterocycles. The molecule has 0 spiro atoms. The van der Waals surface area contributed by atoms with E-state index in [-0.39, 0.29) is 16.7 Å². The van der Waals surface area contributed by atoms with Gasteiger partial charge in [-0.2, -0.15) is 0 Å². The molecule has 1 atom stereocenters. The number of carbonyl (C=O) groups excluding carboxylic acids is 1. The van der Waals surface area contributed by atoms with Gasteiger partial charge in [0, 0.05) is 24.5 Å². The molecule has 0 bridgehead atoms. The van der Waals surface area contributed by atoms with Crippen molar-refractivity contribution in [1.82, 2.24) is 14.5 Å². The average molecular weight is 456 g/mol. The first-order chi connectivity index (χ1) is 14.9. The Bertz CT molecular complexity index is 1180. The molecule has 164 valence electrons. The highest BCUT2D eigenvalue weighted by Gasteiger charge is 2.27. The number of hydrogen-bond acceptors (Lipinski definition) is 5. The Labute approximate surface area is 191 Å². The monoisotopic (exact) mass is 455 g/mol. The summed E-state index contributed by atoms with van der Waals surface area (Å²) in [5.41, 5.74) is 3.60. The SMILES string of the molecule is CCCCn1c(SC(C)C(=O)N2CCc3ccccc3C2)nc2sc(C)c(C)c2c1=O. The second-order valence-corrected chi connectivity index (χ2v) is 10.7. The van der Waals surface area contributed by atoms with Crippen molar-refractivity contribution in [3.8, 4) is 0 Å². The number of thioether (sulfide) groups is 1. The number of fused-ring (bicyclic) bond motifs is 2. The van der Waals surface area contributed by atoms with Gasteiger partial charge in [-0.15, -0.1) is 11.3 Å². The minimum Gasteiger partial charge on any atom is -0.337 e. The smallest absolute Gasteiger partial charge is 0.263 e. The molecular formula is C24H29N3O2S2. The average Bonchev–Trinajstić information content (AvgIpc) is 3.06. The Morgan fingerprint density at radius 3 is 2.74 bits per heavy atom. The van der Waals surface area contributed by atoms with E-state index in [4.69, 9.17) is 4.98 Å². The van der Waals surface area contributed by atoms with Gasteiger partial charge in [0.1, 0.15) is 4.83 Å². The Morgan fingerprint density at radius 2 is 2.00 bits per heavy atom. The molecule has 1 aromatic carbocycles. The Kier molecular flexibility index (Phi) is 6.53. The van der Waals surface area contributed by atoms with Crippen LogP contribution >= 0.6 is 23.1 Å². The summed E-state index contributed by atoms with van der Waals surface area (Å²) in [4.78, 5) is 35.2. The first-order valence-corrected chi connectivity index (χ1v) is 12.6. The van der Waals surface area contributed by atoms with Crippen molar-refractivity contribution in [2.75, 3.05) is 6.54 Å². The van der Waals surface area contributed by atoms with Crippen LogP contribution in [0, 0.1) is 13.8 Å². The van der Waals surface area contributed by atoms with Gasteiger partial charge < -0.3 is 4.90 Å². The number of hydrogen-bond donors (Lipinski definition) is 0. The standard InChI is InChI=1S/C24H29N3O2S2/c1-5-6-12-27-23(29)20-15(2)16(3)30-21(20)25-24(27)31-17(4)22(28)26-13-11-18-9-7-8-10-19(18)14-26/h7-10,17H,5-6,11-14H2,1-4H3. The summed E-state index contributed by atoms with van der Waals surface area (Å²) in [5.74, 6) is 0.106. The lowest BCUT2D eigenvalue weighted by Gasteiger charge is -2.30. The third kappa shape index (κ3) is 4.30. The lowest BCUT2D eigenvalue weighted by Crippen LogP contribution is -2.40. The fourth-order valence-corrected chi connectivity index (χ4v) is 6.15. The first-order valence-electron chi connectivity index (χ1n) is 10.9. The molecule has 0 aliphatic carbocycles. The number of unbranched alkanes of at least 4 members (excludes halogenated alkanes) is 1. The second-order valence-electron chi connectivity index (χ2n) is 8.21. The summed E-state index contributed by atoms with van der Waals surface area (Å²) in [6, 6.07) is 8.33. The fourth-order valence-electron chi connectivity index (χ4n) is 4.06. The number of benzene rings is 1. The first kappa shape index (κ1) is 22.1. The molecule has 0 fully saturated rings. The zero-order valence-corrected chi connectivity index (χ0v) is 20.2. The van der Waals surface area contributed by atoms with Crippen LogP contribution in [0.4, 0.5) is 0 Å². The molecule has 3 aromatic rings. The Hall–Kier alpha value is -2.12. The number of aryl methyl sites for hydroxylation is 2. The van der Waals surface area contributed by atoms with Gasteiger partial charge in [0.2, 0.25) is 5.91 Å². The van der Waals surface area contributed by atoms with Crippen LogP contribution < -0.4 is 5.56 Å². The predicted octanol–water partition coefficient (Wildman–Crippen LogP) is 4.94. The molecule has 5 nitrogen and oxygen atoms in total. The number of carbonyl (C=O) groups is 1. The molecule has 2 aromatic heterocycles. The largest absolute Gasteiger partial charge is 0.337 e. The van der Waals surface area contributed by atoms with Crippen molar-refractivity contribution >= 4 is 39.2 Å². The van der Waals surface area contributed by atoms with Gasteiger partial charge in [-0.25, -0.2) is 4.98 Å². The highest BCUT2D eigenvalue weighted by Crippen LogP contribution is 2.31. The van der Waals surface area contributed by atoms with E-state index in [2.05, 4.69) is 25.1 Å². The van der Waals surface area contributed by atoms with Gasteiger partial charge in [-0.3, -0.25) is 14.2 Å². The van der Waals surface area contributed by atoms with Crippen molar-refractivity contribution in [1.29, 1.82) is 0 Å². The summed E-state index contributed by atoms with van der Waals surface area (Å²) < 4.78 is 1.78. The number of thiophene rings is 1. The molecule has 4 rings (SSSR count). The number of nitrogens with zero attached hydrogens (tertiary/aromatic N) is 3. The minimum absolute atomic E-state index is 0.0225. The molecule has 1 amide bonds. The maximum atomic E-state index is 13.3. The maximum Gasteiger partial charge on any atom is 0.263 e. The van der Waals surface area contributed by atoms with E-state index in [1.54, 1.807) is 15.9 Å². The van der Waals surface area contributed by atoms with Gasteiger partial charge >= 0.3 is 0 Å². The van der Waals surface area contributed by atoms with E-state index in [9.17, 15) is 9.59 Å². The predicted molar refractivity (Wildman–Crippen MR) is 129 cm³/mol. The molecule has 0 saturated carbocycles. The van der Waals surface area contributed by atoms with Gasteiger partial charge in [-0.1, -0.05) is 49.4 Å². The van der Waals surface area contributed by atoms with Crippen LogP contribution in [0.3, 0.4) is 0 Å². The van der Waals surface area contributed by atoms with Crippen LogP contribution in [0.15, 0.2) is 34.2 Å². The molecule has 0 radical (unpaired) electrons. The van der Waals surface area contributed by atoms with Crippen molar-refractivity contribution in [2.45, 2.75) is 70.5 Å². The van der Waals surface area contributed by atoms with Crippen molar-refractivity contribution < 1.29 is 4.79 Å². The third-order valence-electron chi connectivity index (χ3n) is 6.06. The van der Waals surface area contributed by atoms with E-state index < -0.39 is 0 Å². The maximum absolute atomic E-state index is 13.3. The topological polar surface area (TPSA) is 55.2 Å². The van der Waals surface area contributed by atoms with E-state index in [0.29, 0.717) is 18.2 Å². The molecule has 1 aliphatic heterocycles. The van der Waals surface area contributed by atoms with E-state index in [1.807, 2.05) is 31.7 Å². The van der Waals surface area contributed by atoms with Crippen LogP contribution in [-0.2, 0) is 24.3 Å². The Morgan fingerprint density at radius 1 is 1.26 bits per heavy atom. The molecule has 31 heavy (non-hydrogen) atoms. The second kappa shape index (κ2) is 9.17. The van der Waals surface area contributed by atoms with Crippen molar-refractivity contribution in [3.63, 3.8) is 0 Å². The number of rotatable bonds is 6. The van der Waals surface area contributed by atoms with Crippen molar-refractivity contribution in [2.24, 2.45) is 0 Å². The summed E-state index contributed by atoms with van der Waals surface area (Å²) >= 11 is 2.98. The zero-order chi connectivity index (χ0) is 22.1. The van der Waals surface area contributed by atoms with E-state index >= 15 is 0 Å². The van der Waals surface area contributed by atoms with Gasteiger partial charge in [0.05, 0.1) is 10.6 Å². The molecule has 7 heteroatoms. The molecule has 1 unspecified atom stereocenters. The van der Waals surface area contributed by atoms with Crippen LogP contribution in [0.5, 0.6) is 0 Å². The highest BCUT2D eigenvalue weighted by atomic mass is 32.2. The normalized spacial score (nSPS) is 14.6. The lowest BCUT2D eigenvalue weighted by molar-refractivity contribution is -0.131. The third-order valence-corrected chi connectivity index (χ3v) is 8.24. The molecule has 0 saturated heterocycles. The summed E-state index contributed by atoms with van der Waals surface area (Å²) in [6.07, 6.45) is 2.80. The van der Waals surface area contributed by atoms with Crippen LogP contribution in [0.25, 0.3) is 10.2 Å². The fraction of sp³-hybridized carbons (Fsp3) is 0.458. The summed E-state index contributed by atoms with van der Waals surface area (Å²) in [5, 5.41) is 1.09. The van der Waals surface area contributed by atoms with Crippen LogP contribution in [0.2, 0.25) is 0 Å². The summed E-state index contributed by atoms with van der Waals surface area (Å²) in [6.45, 7) is 10.1. The van der Waals surface area contributed by atoms with E-state index in [0.717, 1.165) is 46.5 Å². The number of aromatic nitrogens is 2. The quantitative estimate of drug-likeness (QED) is 0.390. The van der Waals surface area contributed by atoms with Crippen LogP contribution in [0.1, 0.15) is 48.3 Å². The Balaban J connectivity index is 1.61. The molecule has 0 N–H and O–H groups in total.